The summed E-state index contributed by atoms with van der Waals surface area (Å²) in [5.74, 6) is -0.697. The van der Waals surface area contributed by atoms with Crippen molar-refractivity contribution in [2.24, 2.45) is 0 Å². The summed E-state index contributed by atoms with van der Waals surface area (Å²) < 4.78 is 18.6. The summed E-state index contributed by atoms with van der Waals surface area (Å²) in [5.41, 5.74) is 2.25. The van der Waals surface area contributed by atoms with Gasteiger partial charge in [-0.1, -0.05) is 0 Å². The summed E-state index contributed by atoms with van der Waals surface area (Å²) in [6.07, 6.45) is 0. The van der Waals surface area contributed by atoms with E-state index in [1.54, 1.807) is 23.9 Å². The second kappa shape index (κ2) is 5.59. The van der Waals surface area contributed by atoms with E-state index in [9.17, 15) is 9.18 Å². The smallest absolute Gasteiger partial charge is 0.275 e. The molecule has 6 heteroatoms. The molecule has 0 bridgehead atoms. The standard InChI is InChI=1S/C12H11FN2O2S/c1-2-17-11-4-3-8(5-9(11)13)15-12(16)10-6-18-7-14-10/h3-7H,2H2,1H3,(H,15,16). The molecule has 0 atom stereocenters. The normalized spacial score (nSPS) is 10.1. The van der Waals surface area contributed by atoms with Gasteiger partial charge < -0.3 is 10.1 Å². The lowest BCUT2D eigenvalue weighted by Crippen LogP contribution is -2.12. The van der Waals surface area contributed by atoms with Crippen molar-refractivity contribution in [3.05, 3.63) is 40.6 Å². The number of thiazole rings is 1. The van der Waals surface area contributed by atoms with E-state index in [1.807, 2.05) is 0 Å². The molecule has 1 aromatic carbocycles. The molecule has 0 aliphatic carbocycles. The third-order valence-corrected chi connectivity index (χ3v) is 2.74. The zero-order chi connectivity index (χ0) is 13.0. The van der Waals surface area contributed by atoms with E-state index in [0.717, 1.165) is 0 Å². The van der Waals surface area contributed by atoms with E-state index >= 15 is 0 Å². The molecule has 0 aliphatic rings. The molecular formula is C12H11FN2O2S. The molecule has 0 spiro atoms. The summed E-state index contributed by atoms with van der Waals surface area (Å²) in [4.78, 5) is 15.5. The highest BCUT2D eigenvalue weighted by molar-refractivity contribution is 7.07. The fourth-order valence-corrected chi connectivity index (χ4v) is 1.90. The number of aromatic nitrogens is 1. The molecule has 94 valence electrons. The van der Waals surface area contributed by atoms with E-state index in [4.69, 9.17) is 4.74 Å². The molecule has 1 aromatic heterocycles. The van der Waals surface area contributed by atoms with Crippen molar-refractivity contribution in [3.8, 4) is 5.75 Å². The minimum atomic E-state index is -0.507. The van der Waals surface area contributed by atoms with Crippen LogP contribution in [-0.2, 0) is 0 Å². The first-order valence-corrected chi connectivity index (χ1v) is 6.27. The second-order valence-electron chi connectivity index (χ2n) is 3.41. The molecule has 0 unspecified atom stereocenters. The Kier molecular flexibility index (Phi) is 3.88. The third kappa shape index (κ3) is 2.84. The Balaban J connectivity index is 2.11. The quantitative estimate of drug-likeness (QED) is 0.925. The van der Waals surface area contributed by atoms with Gasteiger partial charge in [-0.15, -0.1) is 11.3 Å². The van der Waals surface area contributed by atoms with Crippen LogP contribution >= 0.6 is 11.3 Å². The van der Waals surface area contributed by atoms with Gasteiger partial charge in [0.2, 0.25) is 0 Å². The number of carbonyl (C=O) groups is 1. The summed E-state index contributed by atoms with van der Waals surface area (Å²) in [5, 5.41) is 4.19. The Bertz CT molecular complexity index is 543. The first-order chi connectivity index (χ1) is 8.70. The van der Waals surface area contributed by atoms with Crippen LogP contribution in [0.15, 0.2) is 29.1 Å². The molecule has 0 saturated carbocycles. The number of nitrogens with zero attached hydrogens (tertiary/aromatic N) is 1. The summed E-state index contributed by atoms with van der Waals surface area (Å²) in [6, 6.07) is 4.28. The number of nitrogens with one attached hydrogen (secondary N) is 1. The van der Waals surface area contributed by atoms with Crippen LogP contribution < -0.4 is 10.1 Å². The van der Waals surface area contributed by atoms with Gasteiger partial charge in [0.05, 0.1) is 12.1 Å². The predicted molar refractivity (Wildman–Crippen MR) is 67.6 cm³/mol. The number of rotatable bonds is 4. The van der Waals surface area contributed by atoms with Crippen LogP contribution in [0.25, 0.3) is 0 Å². The number of anilines is 1. The van der Waals surface area contributed by atoms with E-state index in [2.05, 4.69) is 10.3 Å². The zero-order valence-electron chi connectivity index (χ0n) is 9.64. The van der Waals surface area contributed by atoms with E-state index in [0.29, 0.717) is 18.0 Å². The topological polar surface area (TPSA) is 51.2 Å². The van der Waals surface area contributed by atoms with Crippen LogP contribution in [0.2, 0.25) is 0 Å². The van der Waals surface area contributed by atoms with Gasteiger partial charge in [0.15, 0.2) is 11.6 Å². The highest BCUT2D eigenvalue weighted by Crippen LogP contribution is 2.21. The molecule has 2 rings (SSSR count). The number of amides is 1. The Labute approximate surface area is 107 Å². The molecule has 1 N–H and O–H groups in total. The van der Waals surface area contributed by atoms with Gasteiger partial charge in [0, 0.05) is 17.1 Å². The van der Waals surface area contributed by atoms with Crippen molar-refractivity contribution >= 4 is 22.9 Å². The van der Waals surface area contributed by atoms with Gasteiger partial charge in [0.1, 0.15) is 5.69 Å². The lowest BCUT2D eigenvalue weighted by molar-refractivity contribution is 0.102. The number of halogens is 1. The van der Waals surface area contributed by atoms with Gasteiger partial charge in [0.25, 0.3) is 5.91 Å². The van der Waals surface area contributed by atoms with Crippen molar-refractivity contribution < 1.29 is 13.9 Å². The number of benzene rings is 1. The molecule has 0 saturated heterocycles. The number of hydrogen-bond donors (Lipinski definition) is 1. The summed E-state index contributed by atoms with van der Waals surface area (Å²) in [7, 11) is 0. The van der Waals surface area contributed by atoms with Crippen molar-refractivity contribution in [1.29, 1.82) is 0 Å². The molecule has 2 aromatic rings. The molecule has 18 heavy (non-hydrogen) atoms. The highest BCUT2D eigenvalue weighted by Gasteiger charge is 2.10. The average molecular weight is 266 g/mol. The highest BCUT2D eigenvalue weighted by atomic mass is 32.1. The van der Waals surface area contributed by atoms with Gasteiger partial charge in [-0.2, -0.15) is 0 Å². The molecule has 1 heterocycles. The zero-order valence-corrected chi connectivity index (χ0v) is 10.5. The maximum atomic E-state index is 13.5. The summed E-state index contributed by atoms with van der Waals surface area (Å²) in [6.45, 7) is 2.17. The second-order valence-corrected chi connectivity index (χ2v) is 4.12. The van der Waals surface area contributed by atoms with Crippen molar-refractivity contribution in [2.45, 2.75) is 6.92 Å². The van der Waals surface area contributed by atoms with Gasteiger partial charge in [-0.3, -0.25) is 4.79 Å². The Morgan fingerprint density at radius 1 is 1.56 bits per heavy atom. The first kappa shape index (κ1) is 12.5. The van der Waals surface area contributed by atoms with Crippen LogP contribution in [0, 0.1) is 5.82 Å². The summed E-state index contributed by atoms with van der Waals surface area (Å²) >= 11 is 1.32. The molecular weight excluding hydrogens is 255 g/mol. The minimum Gasteiger partial charge on any atom is -0.491 e. The number of hydrogen-bond acceptors (Lipinski definition) is 4. The van der Waals surface area contributed by atoms with E-state index in [-0.39, 0.29) is 11.7 Å². The van der Waals surface area contributed by atoms with Crippen LogP contribution in [0.5, 0.6) is 5.75 Å². The average Bonchev–Trinajstić information content (AvgIpc) is 2.86. The molecule has 0 aliphatic heterocycles. The predicted octanol–water partition coefficient (Wildman–Crippen LogP) is 2.93. The molecule has 0 fully saturated rings. The van der Waals surface area contributed by atoms with Crippen LogP contribution in [0.3, 0.4) is 0 Å². The van der Waals surface area contributed by atoms with E-state index in [1.165, 1.54) is 23.5 Å². The Morgan fingerprint density at radius 3 is 3.00 bits per heavy atom. The third-order valence-electron chi connectivity index (χ3n) is 2.15. The minimum absolute atomic E-state index is 0.171. The van der Waals surface area contributed by atoms with Crippen LogP contribution in [0.4, 0.5) is 10.1 Å². The van der Waals surface area contributed by atoms with E-state index < -0.39 is 5.82 Å². The monoisotopic (exact) mass is 266 g/mol. The fraction of sp³-hybridized carbons (Fsp3) is 0.167. The maximum absolute atomic E-state index is 13.5. The van der Waals surface area contributed by atoms with Gasteiger partial charge in [-0.25, -0.2) is 9.37 Å². The number of carbonyl (C=O) groups excluding carboxylic acids is 1. The molecule has 1 amide bonds. The first-order valence-electron chi connectivity index (χ1n) is 5.32. The molecule has 4 nitrogen and oxygen atoms in total. The molecule has 0 radical (unpaired) electrons. The van der Waals surface area contributed by atoms with Crippen molar-refractivity contribution in [3.63, 3.8) is 0 Å². The largest absolute Gasteiger partial charge is 0.491 e. The number of ether oxygens (including phenoxy) is 1. The van der Waals surface area contributed by atoms with Crippen LogP contribution in [0.1, 0.15) is 17.4 Å². The SMILES string of the molecule is CCOc1ccc(NC(=O)c2cscn2)cc1F. The Hall–Kier alpha value is -1.95. The van der Waals surface area contributed by atoms with Gasteiger partial charge in [-0.05, 0) is 19.1 Å². The lowest BCUT2D eigenvalue weighted by Gasteiger charge is -2.07. The van der Waals surface area contributed by atoms with Gasteiger partial charge >= 0.3 is 0 Å². The van der Waals surface area contributed by atoms with Crippen molar-refractivity contribution in [1.82, 2.24) is 4.98 Å². The maximum Gasteiger partial charge on any atom is 0.275 e. The van der Waals surface area contributed by atoms with Crippen molar-refractivity contribution in [2.75, 3.05) is 11.9 Å². The van der Waals surface area contributed by atoms with Crippen LogP contribution in [-0.4, -0.2) is 17.5 Å². The Morgan fingerprint density at radius 2 is 2.39 bits per heavy atom. The lowest BCUT2D eigenvalue weighted by atomic mass is 10.3. The fourth-order valence-electron chi connectivity index (χ4n) is 1.37.